The van der Waals surface area contributed by atoms with Crippen LogP contribution >= 0.6 is 0 Å². The molecule has 66 valence electrons. The molecule has 0 spiro atoms. The first-order chi connectivity index (χ1) is 6.24. The number of hydrogen-bond acceptors (Lipinski definition) is 1. The van der Waals surface area contributed by atoms with Gasteiger partial charge in [0.25, 0.3) is 0 Å². The number of carboxylic acid groups (broad SMARTS) is 1. The van der Waals surface area contributed by atoms with E-state index in [-0.39, 0.29) is 0 Å². The molecule has 0 heterocycles. The van der Waals surface area contributed by atoms with Gasteiger partial charge in [0.15, 0.2) is 0 Å². The molecule has 2 radical (unpaired) electrons. The van der Waals surface area contributed by atoms with Gasteiger partial charge in [-0.05, 0) is 24.1 Å². The van der Waals surface area contributed by atoms with Crippen molar-refractivity contribution >= 4 is 13.8 Å². The fourth-order valence-electron chi connectivity index (χ4n) is 1.12. The molecule has 0 aliphatic carbocycles. The van der Waals surface area contributed by atoms with Crippen molar-refractivity contribution in [2.45, 2.75) is 19.2 Å². The summed E-state index contributed by atoms with van der Waals surface area (Å²) in [5.74, 6) is -0.884. The van der Waals surface area contributed by atoms with Gasteiger partial charge in [0, 0.05) is 0 Å². The average molecular weight is 174 g/mol. The molecule has 1 N–H and O–H groups in total. The normalized spacial score (nSPS) is 9.85. The molecule has 2 nitrogen and oxygen atoms in total. The minimum atomic E-state index is -0.884. The number of carbonyl (C=O) groups is 1. The Morgan fingerprint density at radius 1 is 1.31 bits per heavy atom. The minimum absolute atomic E-state index is 0.330. The molecule has 0 amide bonds. The third-order valence-electron chi connectivity index (χ3n) is 1.87. The van der Waals surface area contributed by atoms with Gasteiger partial charge in [-0.15, -0.1) is 0 Å². The van der Waals surface area contributed by atoms with Gasteiger partial charge in [-0.1, -0.05) is 24.9 Å². The van der Waals surface area contributed by atoms with Crippen molar-refractivity contribution in [3.05, 3.63) is 35.4 Å². The van der Waals surface area contributed by atoms with Gasteiger partial charge in [-0.25, -0.2) is 4.79 Å². The van der Waals surface area contributed by atoms with Gasteiger partial charge in [0.2, 0.25) is 0 Å². The van der Waals surface area contributed by atoms with Gasteiger partial charge < -0.3 is 5.11 Å². The largest absolute Gasteiger partial charge is 0.478 e. The molecule has 0 atom stereocenters. The van der Waals surface area contributed by atoms with Crippen LogP contribution in [0.15, 0.2) is 24.3 Å². The summed E-state index contributed by atoms with van der Waals surface area (Å²) in [5.41, 5.74) is 1.46. The van der Waals surface area contributed by atoms with Crippen LogP contribution in [0.1, 0.15) is 22.3 Å². The molecule has 1 rings (SSSR count). The van der Waals surface area contributed by atoms with Crippen molar-refractivity contribution in [1.82, 2.24) is 0 Å². The second-order valence-corrected chi connectivity index (χ2v) is 2.89. The van der Waals surface area contributed by atoms with Gasteiger partial charge >= 0.3 is 5.97 Å². The fraction of sp³-hybridized carbons (Fsp3) is 0.300. The third-order valence-corrected chi connectivity index (χ3v) is 1.87. The van der Waals surface area contributed by atoms with Crippen LogP contribution in [0, 0.1) is 0 Å². The van der Waals surface area contributed by atoms with Crippen LogP contribution < -0.4 is 0 Å². The highest BCUT2D eigenvalue weighted by Crippen LogP contribution is 2.07. The first-order valence-corrected chi connectivity index (χ1v) is 4.26. The standard InChI is InChI=1S/C10H11BO2/c11-7-1-2-8-3-5-9(6-4-8)10(12)13/h3-6H,1-2,7H2,(H,12,13). The zero-order chi connectivity index (χ0) is 9.68. The Bertz CT molecular complexity index is 279. The van der Waals surface area contributed by atoms with E-state index in [2.05, 4.69) is 0 Å². The monoisotopic (exact) mass is 174 g/mol. The maximum absolute atomic E-state index is 10.5. The van der Waals surface area contributed by atoms with E-state index in [1.54, 1.807) is 12.1 Å². The van der Waals surface area contributed by atoms with Crippen LogP contribution in [0.25, 0.3) is 0 Å². The van der Waals surface area contributed by atoms with Crippen molar-refractivity contribution in [1.29, 1.82) is 0 Å². The molecule has 0 saturated carbocycles. The number of aryl methyl sites for hydroxylation is 1. The molecule has 0 saturated heterocycles. The molecule has 1 aromatic carbocycles. The van der Waals surface area contributed by atoms with E-state index in [0.717, 1.165) is 18.4 Å². The zero-order valence-electron chi connectivity index (χ0n) is 7.36. The quantitative estimate of drug-likeness (QED) is 0.707. The average Bonchev–Trinajstić information content (AvgIpc) is 2.15. The highest BCUT2D eigenvalue weighted by molar-refractivity contribution is 6.08. The van der Waals surface area contributed by atoms with Crippen molar-refractivity contribution < 1.29 is 9.90 Å². The first kappa shape index (κ1) is 9.84. The second kappa shape index (κ2) is 4.70. The molecule has 0 aliphatic heterocycles. The van der Waals surface area contributed by atoms with Crippen LogP contribution in [-0.4, -0.2) is 18.9 Å². The second-order valence-electron chi connectivity index (χ2n) is 2.89. The summed E-state index contributed by atoms with van der Waals surface area (Å²) < 4.78 is 0. The van der Waals surface area contributed by atoms with Crippen molar-refractivity contribution in [2.24, 2.45) is 0 Å². The van der Waals surface area contributed by atoms with Crippen LogP contribution in [-0.2, 0) is 6.42 Å². The van der Waals surface area contributed by atoms with Crippen molar-refractivity contribution in [3.8, 4) is 0 Å². The molecule has 0 unspecified atom stereocenters. The van der Waals surface area contributed by atoms with Gasteiger partial charge in [-0.2, -0.15) is 0 Å². The summed E-state index contributed by atoms with van der Waals surface area (Å²) >= 11 is 0. The van der Waals surface area contributed by atoms with Crippen molar-refractivity contribution in [2.75, 3.05) is 0 Å². The smallest absolute Gasteiger partial charge is 0.335 e. The Morgan fingerprint density at radius 3 is 2.38 bits per heavy atom. The van der Waals surface area contributed by atoms with Gasteiger partial charge in [-0.3, -0.25) is 0 Å². The molecule has 3 heteroatoms. The van der Waals surface area contributed by atoms with Gasteiger partial charge in [0.1, 0.15) is 0 Å². The van der Waals surface area contributed by atoms with E-state index in [0.29, 0.717) is 11.9 Å². The van der Waals surface area contributed by atoms with Crippen LogP contribution in [0.3, 0.4) is 0 Å². The molecular formula is C10H11BO2. The van der Waals surface area contributed by atoms with E-state index in [1.807, 2.05) is 12.1 Å². The Labute approximate surface area is 79.0 Å². The highest BCUT2D eigenvalue weighted by Gasteiger charge is 2.00. The van der Waals surface area contributed by atoms with Crippen LogP contribution in [0.5, 0.6) is 0 Å². The number of aromatic carboxylic acids is 1. The number of benzene rings is 1. The fourth-order valence-corrected chi connectivity index (χ4v) is 1.12. The third kappa shape index (κ3) is 2.94. The number of carboxylic acids is 1. The SMILES string of the molecule is [B]CCCc1ccc(C(=O)O)cc1. The van der Waals surface area contributed by atoms with E-state index in [4.69, 9.17) is 13.0 Å². The lowest BCUT2D eigenvalue weighted by molar-refractivity contribution is 0.0697. The van der Waals surface area contributed by atoms with Crippen molar-refractivity contribution in [3.63, 3.8) is 0 Å². The first-order valence-electron chi connectivity index (χ1n) is 4.26. The van der Waals surface area contributed by atoms with Crippen LogP contribution in [0.4, 0.5) is 0 Å². The molecule has 1 aromatic rings. The lowest BCUT2D eigenvalue weighted by Crippen LogP contribution is -1.96. The lowest BCUT2D eigenvalue weighted by Gasteiger charge is -1.99. The Morgan fingerprint density at radius 2 is 1.92 bits per heavy atom. The van der Waals surface area contributed by atoms with E-state index < -0.39 is 5.97 Å². The molecule has 0 aromatic heterocycles. The predicted octanol–water partition coefficient (Wildman–Crippen LogP) is 1.90. The maximum Gasteiger partial charge on any atom is 0.335 e. The zero-order valence-corrected chi connectivity index (χ0v) is 7.36. The van der Waals surface area contributed by atoms with E-state index in [1.165, 1.54) is 0 Å². The summed E-state index contributed by atoms with van der Waals surface area (Å²) in [7, 11) is 5.36. The predicted molar refractivity (Wildman–Crippen MR) is 52.3 cm³/mol. The molecule has 13 heavy (non-hydrogen) atoms. The highest BCUT2D eigenvalue weighted by atomic mass is 16.4. The molecular weight excluding hydrogens is 163 g/mol. The van der Waals surface area contributed by atoms with Gasteiger partial charge in [0.05, 0.1) is 13.4 Å². The maximum atomic E-state index is 10.5. The Hall–Kier alpha value is -1.25. The summed E-state index contributed by atoms with van der Waals surface area (Å²) in [4.78, 5) is 10.5. The summed E-state index contributed by atoms with van der Waals surface area (Å²) in [6.45, 7) is 0. The number of hydrogen-bond donors (Lipinski definition) is 1. The Kier molecular flexibility index (Phi) is 3.56. The molecule has 0 aliphatic rings. The summed E-state index contributed by atoms with van der Waals surface area (Å²) in [6.07, 6.45) is 2.52. The lowest BCUT2D eigenvalue weighted by atomic mass is 9.97. The molecule has 0 bridgehead atoms. The molecule has 0 fully saturated rings. The topological polar surface area (TPSA) is 37.3 Å². The van der Waals surface area contributed by atoms with E-state index >= 15 is 0 Å². The van der Waals surface area contributed by atoms with E-state index in [9.17, 15) is 4.79 Å². The van der Waals surface area contributed by atoms with Crippen LogP contribution in [0.2, 0.25) is 6.32 Å². The minimum Gasteiger partial charge on any atom is -0.478 e. The summed E-state index contributed by atoms with van der Waals surface area (Å²) in [6, 6.07) is 6.90. The Balaban J connectivity index is 2.64. The summed E-state index contributed by atoms with van der Waals surface area (Å²) in [5, 5.41) is 8.63. The number of rotatable bonds is 4.